The first-order chi connectivity index (χ1) is 13.6. The number of alkyl halides is 4. The van der Waals surface area contributed by atoms with Crippen molar-refractivity contribution in [2.45, 2.75) is 26.7 Å². The molecule has 2 aromatic heterocycles. The smallest absolute Gasteiger partial charge is 0.416 e. The van der Waals surface area contributed by atoms with Gasteiger partial charge in [0.1, 0.15) is 18.8 Å². The van der Waals surface area contributed by atoms with Crippen LogP contribution in [-0.2, 0) is 17.6 Å². The number of aryl methyl sites for hydroxylation is 2. The SMILES string of the molecule is Cc1noc(C)c1/C(=C/n1cnc(-c2cc(CF)cc(C(F)(F)F)c2)n1)C(=O)O. The van der Waals surface area contributed by atoms with E-state index in [4.69, 9.17) is 4.52 Å². The lowest BCUT2D eigenvalue weighted by Crippen LogP contribution is -2.06. The van der Waals surface area contributed by atoms with Gasteiger partial charge in [-0.05, 0) is 37.6 Å². The zero-order valence-corrected chi connectivity index (χ0v) is 15.2. The van der Waals surface area contributed by atoms with Crippen LogP contribution in [0.4, 0.5) is 17.6 Å². The van der Waals surface area contributed by atoms with Crippen molar-refractivity contribution in [3.8, 4) is 11.4 Å². The highest BCUT2D eigenvalue weighted by atomic mass is 19.4. The highest BCUT2D eigenvalue weighted by molar-refractivity contribution is 6.19. The highest BCUT2D eigenvalue weighted by Gasteiger charge is 2.31. The van der Waals surface area contributed by atoms with E-state index in [1.807, 2.05) is 0 Å². The molecule has 0 amide bonds. The molecular weight excluding hydrogens is 396 g/mol. The van der Waals surface area contributed by atoms with E-state index in [0.717, 1.165) is 23.3 Å². The molecule has 0 saturated carbocycles. The van der Waals surface area contributed by atoms with Crippen LogP contribution < -0.4 is 0 Å². The van der Waals surface area contributed by atoms with Gasteiger partial charge in [-0.3, -0.25) is 0 Å². The van der Waals surface area contributed by atoms with E-state index >= 15 is 0 Å². The molecule has 3 aromatic rings. The number of hydrogen-bond donors (Lipinski definition) is 1. The van der Waals surface area contributed by atoms with Crippen molar-refractivity contribution in [2.75, 3.05) is 0 Å². The van der Waals surface area contributed by atoms with Gasteiger partial charge < -0.3 is 9.63 Å². The minimum absolute atomic E-state index is 0.0474. The molecule has 11 heteroatoms. The summed E-state index contributed by atoms with van der Waals surface area (Å²) in [6, 6.07) is 2.71. The van der Waals surface area contributed by atoms with Gasteiger partial charge in [0.25, 0.3) is 0 Å². The number of carbonyl (C=O) groups is 1. The number of aliphatic carboxylic acids is 1. The summed E-state index contributed by atoms with van der Waals surface area (Å²) in [5.41, 5.74) is -0.838. The van der Waals surface area contributed by atoms with E-state index in [2.05, 4.69) is 15.2 Å². The van der Waals surface area contributed by atoms with Gasteiger partial charge in [-0.25, -0.2) is 18.9 Å². The lowest BCUT2D eigenvalue weighted by molar-refractivity contribution is -0.137. The van der Waals surface area contributed by atoms with E-state index in [-0.39, 0.29) is 33.8 Å². The van der Waals surface area contributed by atoms with Crippen LogP contribution in [0.1, 0.15) is 28.1 Å². The number of aromatic nitrogens is 4. The van der Waals surface area contributed by atoms with Crippen LogP contribution in [0.2, 0.25) is 0 Å². The summed E-state index contributed by atoms with van der Waals surface area (Å²) in [7, 11) is 0. The average Bonchev–Trinajstić information content (AvgIpc) is 3.25. The van der Waals surface area contributed by atoms with Crippen molar-refractivity contribution in [1.29, 1.82) is 0 Å². The van der Waals surface area contributed by atoms with E-state index in [1.165, 1.54) is 6.07 Å². The van der Waals surface area contributed by atoms with Crippen LogP contribution in [0.5, 0.6) is 0 Å². The van der Waals surface area contributed by atoms with Crippen molar-refractivity contribution < 1.29 is 32.0 Å². The van der Waals surface area contributed by atoms with Crippen LogP contribution >= 0.6 is 0 Å². The van der Waals surface area contributed by atoms with Gasteiger partial charge >= 0.3 is 12.1 Å². The molecule has 29 heavy (non-hydrogen) atoms. The molecule has 0 saturated heterocycles. The fourth-order valence-electron chi connectivity index (χ4n) is 2.76. The largest absolute Gasteiger partial charge is 0.478 e. The fourth-order valence-corrected chi connectivity index (χ4v) is 2.76. The zero-order valence-electron chi connectivity index (χ0n) is 15.2. The quantitative estimate of drug-likeness (QED) is 0.502. The van der Waals surface area contributed by atoms with Crippen molar-refractivity contribution in [3.63, 3.8) is 0 Å². The Labute approximate surface area is 161 Å². The molecule has 1 aromatic carbocycles. The summed E-state index contributed by atoms with van der Waals surface area (Å²) in [6.07, 6.45) is -2.40. The molecule has 0 bridgehead atoms. The van der Waals surface area contributed by atoms with Crippen molar-refractivity contribution in [2.24, 2.45) is 0 Å². The molecule has 0 radical (unpaired) electrons. The maximum Gasteiger partial charge on any atom is 0.416 e. The third kappa shape index (κ3) is 4.18. The number of nitrogens with zero attached hydrogens (tertiary/aromatic N) is 4. The highest BCUT2D eigenvalue weighted by Crippen LogP contribution is 2.33. The van der Waals surface area contributed by atoms with Crippen LogP contribution in [-0.4, -0.2) is 31.0 Å². The third-order valence-corrected chi connectivity index (χ3v) is 4.04. The zero-order chi connectivity index (χ0) is 21.3. The van der Waals surface area contributed by atoms with Gasteiger partial charge in [-0.1, -0.05) is 5.16 Å². The first kappa shape index (κ1) is 20.2. The summed E-state index contributed by atoms with van der Waals surface area (Å²) in [4.78, 5) is 15.6. The first-order valence-corrected chi connectivity index (χ1v) is 8.17. The van der Waals surface area contributed by atoms with E-state index in [1.54, 1.807) is 13.8 Å². The maximum atomic E-state index is 13.0. The topological polar surface area (TPSA) is 94.0 Å². The van der Waals surface area contributed by atoms with Gasteiger partial charge in [0, 0.05) is 11.8 Å². The second-order valence-electron chi connectivity index (χ2n) is 6.15. The Balaban J connectivity index is 2.05. The molecule has 0 aliphatic carbocycles. The Morgan fingerprint density at radius 2 is 2.00 bits per heavy atom. The predicted octanol–water partition coefficient (Wildman–Crippen LogP) is 4.12. The lowest BCUT2D eigenvalue weighted by Gasteiger charge is -2.09. The Hall–Kier alpha value is -3.50. The molecule has 0 fully saturated rings. The Kier molecular flexibility index (Phi) is 5.23. The fraction of sp³-hybridized carbons (Fsp3) is 0.222. The number of hydrogen-bond acceptors (Lipinski definition) is 5. The van der Waals surface area contributed by atoms with Gasteiger partial charge in [-0.2, -0.15) is 13.2 Å². The average molecular weight is 410 g/mol. The van der Waals surface area contributed by atoms with Crippen molar-refractivity contribution in [3.05, 3.63) is 52.7 Å². The van der Waals surface area contributed by atoms with Gasteiger partial charge in [0.15, 0.2) is 5.82 Å². The lowest BCUT2D eigenvalue weighted by atomic mass is 10.1. The van der Waals surface area contributed by atoms with Gasteiger partial charge in [0.05, 0.1) is 22.4 Å². The van der Waals surface area contributed by atoms with Crippen molar-refractivity contribution in [1.82, 2.24) is 19.9 Å². The molecule has 0 unspecified atom stereocenters. The van der Waals surface area contributed by atoms with Crippen molar-refractivity contribution >= 4 is 17.7 Å². The summed E-state index contributed by atoms with van der Waals surface area (Å²) < 4.78 is 58.1. The van der Waals surface area contributed by atoms with Crippen LogP contribution in [0.25, 0.3) is 23.2 Å². The van der Waals surface area contributed by atoms with E-state index in [0.29, 0.717) is 11.8 Å². The van der Waals surface area contributed by atoms with Crippen LogP contribution in [0.3, 0.4) is 0 Å². The summed E-state index contributed by atoms with van der Waals surface area (Å²) in [6.45, 7) is 2.02. The normalized spacial score (nSPS) is 12.4. The minimum Gasteiger partial charge on any atom is -0.478 e. The predicted molar refractivity (Wildman–Crippen MR) is 93.1 cm³/mol. The minimum atomic E-state index is -4.66. The van der Waals surface area contributed by atoms with Gasteiger partial charge in [0.2, 0.25) is 0 Å². The number of rotatable bonds is 5. The summed E-state index contributed by atoms with van der Waals surface area (Å²) >= 11 is 0. The molecule has 1 N–H and O–H groups in total. The standard InChI is InChI=1S/C18H14F4N4O3/c1-9-15(10(2)29-25-9)14(17(27)28)7-26-8-23-16(24-26)12-3-11(6-19)4-13(5-12)18(20,21)22/h3-5,7-8H,6H2,1-2H3,(H,27,28)/b14-7-. The first-order valence-electron chi connectivity index (χ1n) is 8.17. The van der Waals surface area contributed by atoms with Gasteiger partial charge in [-0.15, -0.1) is 5.10 Å². The Morgan fingerprint density at radius 1 is 1.28 bits per heavy atom. The second kappa shape index (κ2) is 7.49. The number of carboxylic acids is 1. The van der Waals surface area contributed by atoms with Crippen LogP contribution in [0.15, 0.2) is 29.0 Å². The maximum absolute atomic E-state index is 13.0. The Morgan fingerprint density at radius 3 is 2.55 bits per heavy atom. The number of benzene rings is 1. The molecule has 0 aliphatic rings. The third-order valence-electron chi connectivity index (χ3n) is 4.04. The van der Waals surface area contributed by atoms with Crippen LogP contribution in [0, 0.1) is 13.8 Å². The van der Waals surface area contributed by atoms with E-state index < -0.39 is 24.4 Å². The molecule has 0 atom stereocenters. The molecular formula is C18H14F4N4O3. The summed E-state index contributed by atoms with van der Waals surface area (Å²) in [5, 5.41) is 17.2. The summed E-state index contributed by atoms with van der Waals surface area (Å²) in [5.74, 6) is -1.12. The molecule has 7 nitrogen and oxygen atoms in total. The van der Waals surface area contributed by atoms with E-state index in [9.17, 15) is 27.5 Å². The monoisotopic (exact) mass is 410 g/mol. The number of halogens is 4. The Bertz CT molecular complexity index is 1080. The second-order valence-corrected chi connectivity index (χ2v) is 6.15. The molecule has 3 rings (SSSR count). The molecule has 2 heterocycles. The number of carboxylic acid groups (broad SMARTS) is 1. The molecule has 152 valence electrons. The molecule has 0 aliphatic heterocycles. The molecule has 0 spiro atoms.